The molecule has 0 atom stereocenters. The monoisotopic (exact) mass is 359 g/mol. The highest BCUT2D eigenvalue weighted by atomic mass is 16.5. The van der Waals surface area contributed by atoms with Crippen LogP contribution in [-0.4, -0.2) is 43.6 Å². The molecule has 26 heavy (non-hydrogen) atoms. The zero-order valence-electron chi connectivity index (χ0n) is 16.5. The summed E-state index contributed by atoms with van der Waals surface area (Å²) in [6.45, 7) is 5.51. The summed E-state index contributed by atoms with van der Waals surface area (Å²) >= 11 is 0. The molecule has 0 bridgehead atoms. The van der Waals surface area contributed by atoms with Crippen molar-refractivity contribution in [1.82, 2.24) is 20.4 Å². The summed E-state index contributed by atoms with van der Waals surface area (Å²) in [7, 11) is 7.07. The first-order valence-electron chi connectivity index (χ1n) is 8.64. The predicted octanol–water partition coefficient (Wildman–Crippen LogP) is 1.96. The second-order valence-corrected chi connectivity index (χ2v) is 6.05. The number of nitrogens with one attached hydrogen (secondary N) is 2. The Morgan fingerprint density at radius 2 is 1.96 bits per heavy atom. The smallest absolute Gasteiger partial charge is 0.191 e. The van der Waals surface area contributed by atoms with Crippen LogP contribution < -0.4 is 20.1 Å². The van der Waals surface area contributed by atoms with E-state index in [0.29, 0.717) is 6.54 Å². The van der Waals surface area contributed by atoms with E-state index in [1.54, 1.807) is 21.3 Å². The molecule has 2 aromatic rings. The Bertz CT molecular complexity index is 768. The molecule has 0 aliphatic carbocycles. The Balaban J connectivity index is 1.91. The van der Waals surface area contributed by atoms with E-state index >= 15 is 0 Å². The van der Waals surface area contributed by atoms with E-state index < -0.39 is 0 Å². The maximum Gasteiger partial charge on any atom is 0.191 e. The van der Waals surface area contributed by atoms with Crippen LogP contribution >= 0.6 is 0 Å². The quantitative estimate of drug-likeness (QED) is 0.584. The van der Waals surface area contributed by atoms with Crippen LogP contribution in [0.5, 0.6) is 11.5 Å². The highest BCUT2D eigenvalue weighted by Crippen LogP contribution is 2.24. The molecule has 1 heterocycles. The van der Waals surface area contributed by atoms with E-state index in [-0.39, 0.29) is 0 Å². The first kappa shape index (κ1) is 19.6. The summed E-state index contributed by atoms with van der Waals surface area (Å²) in [6.07, 6.45) is 0.798. The molecule has 2 N–H and O–H groups in total. The lowest BCUT2D eigenvalue weighted by molar-refractivity contribution is 0.398. The number of rotatable bonds is 7. The van der Waals surface area contributed by atoms with Gasteiger partial charge in [-0.05, 0) is 44.0 Å². The van der Waals surface area contributed by atoms with Gasteiger partial charge in [0.2, 0.25) is 0 Å². The second-order valence-electron chi connectivity index (χ2n) is 6.05. The molecular formula is C19H29N5O2. The van der Waals surface area contributed by atoms with E-state index in [9.17, 15) is 0 Å². The molecule has 1 aromatic carbocycles. The van der Waals surface area contributed by atoms with Crippen molar-refractivity contribution in [3.63, 3.8) is 0 Å². The van der Waals surface area contributed by atoms with E-state index in [1.165, 1.54) is 5.56 Å². The summed E-state index contributed by atoms with van der Waals surface area (Å²) in [5, 5.41) is 11.1. The summed E-state index contributed by atoms with van der Waals surface area (Å²) in [4.78, 5) is 4.29. The summed E-state index contributed by atoms with van der Waals surface area (Å²) < 4.78 is 12.6. The van der Waals surface area contributed by atoms with Gasteiger partial charge in [0.1, 0.15) is 11.5 Å². The molecular weight excluding hydrogens is 330 g/mol. The van der Waals surface area contributed by atoms with Crippen molar-refractivity contribution in [3.05, 3.63) is 40.7 Å². The first-order valence-corrected chi connectivity index (χ1v) is 8.64. The van der Waals surface area contributed by atoms with Crippen LogP contribution in [0, 0.1) is 13.8 Å². The zero-order valence-corrected chi connectivity index (χ0v) is 16.5. The number of guanidine groups is 1. The van der Waals surface area contributed by atoms with Crippen molar-refractivity contribution in [2.75, 3.05) is 27.8 Å². The summed E-state index contributed by atoms with van der Waals surface area (Å²) in [5.41, 5.74) is 4.49. The van der Waals surface area contributed by atoms with Crippen LogP contribution in [0.15, 0.2) is 23.2 Å². The minimum Gasteiger partial charge on any atom is -0.497 e. The van der Waals surface area contributed by atoms with Crippen LogP contribution in [0.2, 0.25) is 0 Å². The van der Waals surface area contributed by atoms with E-state index in [1.807, 2.05) is 36.9 Å². The fraction of sp³-hybridized carbons (Fsp3) is 0.474. The Labute approximate surface area is 155 Å². The number of ether oxygens (including phenoxy) is 2. The molecule has 7 heteroatoms. The van der Waals surface area contributed by atoms with Gasteiger partial charge >= 0.3 is 0 Å². The molecule has 0 radical (unpaired) electrons. The fourth-order valence-corrected chi connectivity index (χ4v) is 2.86. The van der Waals surface area contributed by atoms with Crippen molar-refractivity contribution in [1.29, 1.82) is 0 Å². The maximum absolute atomic E-state index is 5.42. The van der Waals surface area contributed by atoms with Crippen molar-refractivity contribution in [3.8, 4) is 11.5 Å². The van der Waals surface area contributed by atoms with Crippen molar-refractivity contribution < 1.29 is 9.47 Å². The Morgan fingerprint density at radius 1 is 1.19 bits per heavy atom. The Morgan fingerprint density at radius 3 is 2.54 bits per heavy atom. The number of methoxy groups -OCH3 is 2. The predicted molar refractivity (Wildman–Crippen MR) is 104 cm³/mol. The molecule has 0 fully saturated rings. The van der Waals surface area contributed by atoms with Gasteiger partial charge in [0.15, 0.2) is 5.96 Å². The third kappa shape index (κ3) is 4.68. The van der Waals surface area contributed by atoms with Crippen LogP contribution in [0.3, 0.4) is 0 Å². The van der Waals surface area contributed by atoms with Crippen molar-refractivity contribution >= 4 is 5.96 Å². The fourth-order valence-electron chi connectivity index (χ4n) is 2.86. The van der Waals surface area contributed by atoms with Crippen molar-refractivity contribution in [2.45, 2.75) is 26.8 Å². The average Bonchev–Trinajstić information content (AvgIpc) is 2.89. The molecule has 0 saturated heterocycles. The molecule has 142 valence electrons. The molecule has 7 nitrogen and oxygen atoms in total. The van der Waals surface area contributed by atoms with E-state index in [2.05, 4.69) is 27.6 Å². The Kier molecular flexibility index (Phi) is 6.89. The lowest BCUT2D eigenvalue weighted by atomic mass is 10.1. The number of hydrogen-bond acceptors (Lipinski definition) is 4. The van der Waals surface area contributed by atoms with E-state index in [0.717, 1.165) is 47.4 Å². The minimum atomic E-state index is 0.688. The normalized spacial score (nSPS) is 11.4. The SMILES string of the molecule is CN=C(NCCc1cc(OC)ccc1OC)NCc1c(C)nn(C)c1C. The summed E-state index contributed by atoms with van der Waals surface area (Å²) in [6, 6.07) is 5.82. The van der Waals surface area contributed by atoms with Crippen LogP contribution in [-0.2, 0) is 20.0 Å². The standard InChI is InChI=1S/C19H29N5O2/c1-13-17(14(2)24(4)23-13)12-22-19(20-3)21-10-9-15-11-16(25-5)7-8-18(15)26-6/h7-8,11H,9-10,12H2,1-6H3,(H2,20,21,22). The van der Waals surface area contributed by atoms with Gasteiger partial charge in [-0.1, -0.05) is 0 Å². The van der Waals surface area contributed by atoms with Gasteiger partial charge < -0.3 is 20.1 Å². The molecule has 1 aromatic heterocycles. The number of nitrogens with zero attached hydrogens (tertiary/aromatic N) is 3. The summed E-state index contributed by atoms with van der Waals surface area (Å²) in [5.74, 6) is 2.44. The van der Waals surface area contributed by atoms with Crippen LogP contribution in [0.4, 0.5) is 0 Å². The highest BCUT2D eigenvalue weighted by Gasteiger charge is 2.10. The lowest BCUT2D eigenvalue weighted by Crippen LogP contribution is -2.38. The van der Waals surface area contributed by atoms with E-state index in [4.69, 9.17) is 9.47 Å². The highest BCUT2D eigenvalue weighted by molar-refractivity contribution is 5.79. The van der Waals surface area contributed by atoms with Gasteiger partial charge in [-0.2, -0.15) is 5.10 Å². The molecule has 0 amide bonds. The number of aliphatic imine (C=N–C) groups is 1. The number of aromatic nitrogens is 2. The average molecular weight is 359 g/mol. The molecule has 0 saturated carbocycles. The third-order valence-electron chi connectivity index (χ3n) is 4.49. The van der Waals surface area contributed by atoms with Gasteiger partial charge in [0, 0.05) is 38.4 Å². The first-order chi connectivity index (χ1) is 12.5. The van der Waals surface area contributed by atoms with Gasteiger partial charge in [-0.25, -0.2) is 0 Å². The molecule has 0 unspecified atom stereocenters. The van der Waals surface area contributed by atoms with Crippen LogP contribution in [0.1, 0.15) is 22.5 Å². The largest absolute Gasteiger partial charge is 0.497 e. The molecule has 2 rings (SSSR count). The van der Waals surface area contributed by atoms with Crippen molar-refractivity contribution in [2.24, 2.45) is 12.0 Å². The minimum absolute atomic E-state index is 0.688. The topological polar surface area (TPSA) is 72.7 Å². The Hall–Kier alpha value is -2.70. The van der Waals surface area contributed by atoms with Gasteiger partial charge in [0.05, 0.1) is 19.9 Å². The third-order valence-corrected chi connectivity index (χ3v) is 4.49. The van der Waals surface area contributed by atoms with Gasteiger partial charge in [-0.3, -0.25) is 9.67 Å². The zero-order chi connectivity index (χ0) is 19.1. The van der Waals surface area contributed by atoms with Gasteiger partial charge in [-0.15, -0.1) is 0 Å². The van der Waals surface area contributed by atoms with Gasteiger partial charge in [0.25, 0.3) is 0 Å². The van der Waals surface area contributed by atoms with Crippen LogP contribution in [0.25, 0.3) is 0 Å². The number of hydrogen-bond donors (Lipinski definition) is 2. The lowest BCUT2D eigenvalue weighted by Gasteiger charge is -2.14. The number of benzene rings is 1. The molecule has 0 aliphatic heterocycles. The molecule has 0 aliphatic rings. The molecule has 0 spiro atoms. The maximum atomic E-state index is 5.42. The second kappa shape index (κ2) is 9.12. The number of aryl methyl sites for hydroxylation is 2.